The number of benzene rings is 3. The van der Waals surface area contributed by atoms with Crippen LogP contribution in [-0.2, 0) is 0 Å². The summed E-state index contributed by atoms with van der Waals surface area (Å²) in [4.78, 5) is 11.4. The second-order valence-electron chi connectivity index (χ2n) is 5.43. The van der Waals surface area contributed by atoms with Gasteiger partial charge in [0.2, 0.25) is 0 Å². The summed E-state index contributed by atoms with van der Waals surface area (Å²) in [5.41, 5.74) is 0.764. The van der Waals surface area contributed by atoms with E-state index in [0.29, 0.717) is 17.0 Å². The second kappa shape index (κ2) is 8.15. The van der Waals surface area contributed by atoms with Crippen molar-refractivity contribution in [1.29, 1.82) is 0 Å². The zero-order valence-corrected chi connectivity index (χ0v) is 15.0. The maximum atomic E-state index is 11.4. The number of halogens is 1. The number of anilines is 1. The molecule has 0 radical (unpaired) electrons. The summed E-state index contributed by atoms with van der Waals surface area (Å²) in [6.07, 6.45) is 0.629. The maximum absolute atomic E-state index is 11.4. The van der Waals surface area contributed by atoms with E-state index in [-0.39, 0.29) is 5.56 Å². The minimum atomic E-state index is -0.970. The molecule has 2 N–H and O–H groups in total. The second-order valence-corrected chi connectivity index (χ2v) is 8.07. The molecule has 0 atom stereocenters. The molecule has 0 bridgehead atoms. The van der Waals surface area contributed by atoms with Gasteiger partial charge in [-0.15, -0.1) is 0 Å². The normalized spacial score (nSPS) is 10.6. The molecule has 0 aliphatic rings. The van der Waals surface area contributed by atoms with Gasteiger partial charge in [0.1, 0.15) is 0 Å². The van der Waals surface area contributed by atoms with E-state index in [1.807, 2.05) is 36.4 Å². The Hall–Kier alpha value is -2.35. The predicted octanol–water partition coefficient (Wildman–Crippen LogP) is 4.54. The van der Waals surface area contributed by atoms with Crippen LogP contribution in [0.4, 0.5) is 5.69 Å². The summed E-state index contributed by atoms with van der Waals surface area (Å²) in [5.74, 6) is -0.970. The first-order chi connectivity index (χ1) is 12.1. The molecule has 0 aliphatic heterocycles. The average Bonchev–Trinajstić information content (AvgIpc) is 2.63. The summed E-state index contributed by atoms with van der Waals surface area (Å²) >= 11 is 6.04. The van der Waals surface area contributed by atoms with Crippen LogP contribution in [0.3, 0.4) is 0 Å². The number of nitrogens with one attached hydrogen (secondary N) is 1. The molecule has 5 heteroatoms. The first kappa shape index (κ1) is 17.5. The zero-order chi connectivity index (χ0) is 17.6. The van der Waals surface area contributed by atoms with Crippen molar-refractivity contribution in [1.82, 2.24) is 0 Å². The van der Waals surface area contributed by atoms with Gasteiger partial charge >= 0.3 is 5.97 Å². The van der Waals surface area contributed by atoms with Crippen LogP contribution in [-0.4, -0.2) is 17.4 Å². The lowest BCUT2D eigenvalue weighted by molar-refractivity contribution is 0.0698. The van der Waals surface area contributed by atoms with Gasteiger partial charge in [0.25, 0.3) is 0 Å². The van der Waals surface area contributed by atoms with Gasteiger partial charge in [-0.2, -0.15) is 0 Å². The molecule has 3 aromatic carbocycles. The Labute approximate surface area is 153 Å². The predicted molar refractivity (Wildman–Crippen MR) is 106 cm³/mol. The fourth-order valence-electron chi connectivity index (χ4n) is 2.56. The molecular formula is C20H17ClNO2P. The SMILES string of the molecule is O=C(O)c1ccc(Cl)cc1NCP(c1ccccc1)c1ccccc1. The Morgan fingerprint density at radius 3 is 2.00 bits per heavy atom. The van der Waals surface area contributed by atoms with Crippen LogP contribution < -0.4 is 15.9 Å². The van der Waals surface area contributed by atoms with E-state index in [2.05, 4.69) is 29.6 Å². The molecular weight excluding hydrogens is 353 g/mol. The van der Waals surface area contributed by atoms with Gasteiger partial charge in [-0.25, -0.2) is 4.79 Å². The van der Waals surface area contributed by atoms with Crippen molar-refractivity contribution in [3.8, 4) is 0 Å². The standard InChI is InChI=1S/C20H17ClNO2P/c21-15-11-12-18(20(23)24)19(13-15)22-14-25(16-7-3-1-4-8-16)17-9-5-2-6-10-17/h1-13,22H,14H2,(H,23,24). The number of hydrogen-bond acceptors (Lipinski definition) is 2. The van der Waals surface area contributed by atoms with Gasteiger partial charge in [0.15, 0.2) is 0 Å². The van der Waals surface area contributed by atoms with Crippen LogP contribution >= 0.6 is 19.5 Å². The van der Waals surface area contributed by atoms with Gasteiger partial charge in [-0.05, 0) is 36.7 Å². The summed E-state index contributed by atoms with van der Waals surface area (Å²) in [7, 11) is -0.663. The summed E-state index contributed by atoms with van der Waals surface area (Å²) in [6, 6.07) is 25.3. The lowest BCUT2D eigenvalue weighted by atomic mass is 10.2. The Kier molecular flexibility index (Phi) is 5.70. The van der Waals surface area contributed by atoms with Gasteiger partial charge in [0, 0.05) is 11.3 Å². The molecule has 0 amide bonds. The molecule has 0 fully saturated rings. The number of carboxylic acid groups (broad SMARTS) is 1. The average molecular weight is 370 g/mol. The van der Waals surface area contributed by atoms with Crippen molar-refractivity contribution in [2.24, 2.45) is 0 Å². The molecule has 0 saturated heterocycles. The van der Waals surface area contributed by atoms with E-state index in [9.17, 15) is 9.90 Å². The minimum Gasteiger partial charge on any atom is -0.478 e. The van der Waals surface area contributed by atoms with Crippen molar-refractivity contribution < 1.29 is 9.90 Å². The van der Waals surface area contributed by atoms with Crippen molar-refractivity contribution in [2.45, 2.75) is 0 Å². The van der Waals surface area contributed by atoms with E-state index >= 15 is 0 Å². The van der Waals surface area contributed by atoms with Crippen LogP contribution in [0.5, 0.6) is 0 Å². The Morgan fingerprint density at radius 1 is 0.920 bits per heavy atom. The number of carboxylic acids is 1. The number of hydrogen-bond donors (Lipinski definition) is 2. The smallest absolute Gasteiger partial charge is 0.337 e. The van der Waals surface area contributed by atoms with Gasteiger partial charge in [-0.1, -0.05) is 72.3 Å². The Morgan fingerprint density at radius 2 is 1.48 bits per heavy atom. The third kappa shape index (κ3) is 4.39. The Balaban J connectivity index is 1.90. The van der Waals surface area contributed by atoms with E-state index in [4.69, 9.17) is 11.6 Å². The molecule has 3 aromatic rings. The van der Waals surface area contributed by atoms with Crippen LogP contribution in [0.2, 0.25) is 5.02 Å². The first-order valence-corrected chi connectivity index (χ1v) is 9.70. The van der Waals surface area contributed by atoms with Crippen LogP contribution in [0, 0.1) is 0 Å². The van der Waals surface area contributed by atoms with Gasteiger partial charge in [-0.3, -0.25) is 0 Å². The van der Waals surface area contributed by atoms with Crippen molar-refractivity contribution in [3.05, 3.63) is 89.4 Å². The molecule has 3 nitrogen and oxygen atoms in total. The van der Waals surface area contributed by atoms with Crippen molar-refractivity contribution in [2.75, 3.05) is 11.6 Å². The van der Waals surface area contributed by atoms with Crippen molar-refractivity contribution in [3.63, 3.8) is 0 Å². The van der Waals surface area contributed by atoms with Crippen LogP contribution in [0.15, 0.2) is 78.9 Å². The molecule has 0 aliphatic carbocycles. The van der Waals surface area contributed by atoms with Gasteiger partial charge in [0.05, 0.1) is 11.3 Å². The molecule has 0 heterocycles. The van der Waals surface area contributed by atoms with Crippen molar-refractivity contribution >= 4 is 41.8 Å². The molecule has 0 saturated carbocycles. The molecule has 3 rings (SSSR count). The van der Waals surface area contributed by atoms with E-state index in [1.165, 1.54) is 16.7 Å². The largest absolute Gasteiger partial charge is 0.478 e. The third-order valence-corrected chi connectivity index (χ3v) is 6.33. The highest BCUT2D eigenvalue weighted by atomic mass is 35.5. The van der Waals surface area contributed by atoms with E-state index in [0.717, 1.165) is 0 Å². The highest BCUT2D eigenvalue weighted by molar-refractivity contribution is 7.73. The van der Waals surface area contributed by atoms with Crippen LogP contribution in [0.1, 0.15) is 10.4 Å². The number of aromatic carboxylic acids is 1. The summed E-state index contributed by atoms with van der Waals surface area (Å²) in [5, 5.41) is 15.6. The van der Waals surface area contributed by atoms with E-state index in [1.54, 1.807) is 12.1 Å². The van der Waals surface area contributed by atoms with E-state index < -0.39 is 13.9 Å². The monoisotopic (exact) mass is 369 g/mol. The zero-order valence-electron chi connectivity index (χ0n) is 13.4. The van der Waals surface area contributed by atoms with Crippen LogP contribution in [0.25, 0.3) is 0 Å². The summed E-state index contributed by atoms with van der Waals surface area (Å²) < 4.78 is 0. The fourth-order valence-corrected chi connectivity index (χ4v) is 4.79. The lowest BCUT2D eigenvalue weighted by Gasteiger charge is -2.20. The minimum absolute atomic E-state index is 0.223. The highest BCUT2D eigenvalue weighted by Gasteiger charge is 2.16. The number of carbonyl (C=O) groups is 1. The lowest BCUT2D eigenvalue weighted by Crippen LogP contribution is -2.18. The third-order valence-electron chi connectivity index (χ3n) is 3.78. The first-order valence-electron chi connectivity index (χ1n) is 7.79. The molecule has 25 heavy (non-hydrogen) atoms. The topological polar surface area (TPSA) is 49.3 Å². The quantitative estimate of drug-likeness (QED) is 0.627. The van der Waals surface area contributed by atoms with Gasteiger partial charge < -0.3 is 10.4 Å². The maximum Gasteiger partial charge on any atom is 0.337 e. The number of rotatable bonds is 6. The molecule has 126 valence electrons. The summed E-state index contributed by atoms with van der Waals surface area (Å²) in [6.45, 7) is 0. The molecule has 0 unspecified atom stereocenters. The fraction of sp³-hybridized carbons (Fsp3) is 0.0500. The Bertz CT molecular complexity index is 817. The molecule has 0 spiro atoms. The highest BCUT2D eigenvalue weighted by Crippen LogP contribution is 2.34. The molecule has 0 aromatic heterocycles.